The van der Waals surface area contributed by atoms with Crippen molar-refractivity contribution in [1.29, 1.82) is 0 Å². The predicted octanol–water partition coefficient (Wildman–Crippen LogP) is 8.04. The Balaban J connectivity index is 1.21. The van der Waals surface area contributed by atoms with Crippen LogP contribution >= 0.6 is 46.4 Å². The highest BCUT2D eigenvalue weighted by Crippen LogP contribution is 2.34. The van der Waals surface area contributed by atoms with E-state index in [2.05, 4.69) is 72.0 Å². The van der Waals surface area contributed by atoms with Gasteiger partial charge in [0.15, 0.2) is 0 Å². The Kier molecular flexibility index (Phi) is 13.1. The number of halogens is 4. The standard InChI is InChI=1S/C32H22Cl4N14O8S2/c1-15(51)37-23-13-17(39-31-43-27(33)41-28(34)44-31)9-11-21(23)47-49-57-59(53,54)25-7-3-6-20-19(25)5-4-8-26(20)60(55,56)58-50-48-22-12-10-18(14-24(22)38-16(2)52)40-32-45-29(35)42-30(36)46-32/h3-14H,1-2H3,(H,37,51)(H,38,52)(H,39,41,43,44)(H,40,42,45,46). The molecule has 6 aromatic rings. The Morgan fingerprint density at radius 2 is 0.917 bits per heavy atom. The molecule has 308 valence electrons. The number of hydrogen-bond donors (Lipinski definition) is 4. The number of aromatic nitrogens is 6. The summed E-state index contributed by atoms with van der Waals surface area (Å²) < 4.78 is 63.3. The molecule has 22 nitrogen and oxygen atoms in total. The van der Waals surface area contributed by atoms with Crippen LogP contribution in [0.15, 0.2) is 103 Å². The van der Waals surface area contributed by atoms with Gasteiger partial charge in [-0.3, -0.25) is 9.59 Å². The molecule has 4 N–H and O–H groups in total. The summed E-state index contributed by atoms with van der Waals surface area (Å²) in [5.74, 6) is -1.01. The van der Waals surface area contributed by atoms with Gasteiger partial charge < -0.3 is 21.3 Å². The molecule has 2 aromatic heterocycles. The molecule has 0 aliphatic carbocycles. The van der Waals surface area contributed by atoms with Crippen LogP contribution in [0.2, 0.25) is 21.1 Å². The van der Waals surface area contributed by atoms with Crippen molar-refractivity contribution < 1.29 is 35.0 Å². The van der Waals surface area contributed by atoms with Gasteiger partial charge >= 0.3 is 20.2 Å². The lowest BCUT2D eigenvalue weighted by Gasteiger charge is -2.11. The molecule has 0 aliphatic rings. The number of carbonyl (C=O) groups excluding carboxylic acids is 2. The molecule has 0 atom stereocenters. The fraction of sp³-hybridized carbons (Fsp3) is 0.0625. The number of hydrogen-bond acceptors (Lipinski definition) is 20. The maximum Gasteiger partial charge on any atom is 0.360 e. The number of carbonyl (C=O) groups is 2. The molecule has 0 saturated heterocycles. The zero-order valence-corrected chi connectivity index (χ0v) is 34.7. The first-order chi connectivity index (χ1) is 28.5. The van der Waals surface area contributed by atoms with Crippen LogP contribution in [0.5, 0.6) is 0 Å². The van der Waals surface area contributed by atoms with Crippen molar-refractivity contribution in [3.05, 3.63) is 93.9 Å². The van der Waals surface area contributed by atoms with Crippen LogP contribution in [0.4, 0.5) is 46.0 Å². The first-order valence-electron chi connectivity index (χ1n) is 16.2. The molecule has 4 aromatic carbocycles. The number of anilines is 6. The average molecular weight is 937 g/mol. The molecule has 0 unspecified atom stereocenters. The van der Waals surface area contributed by atoms with E-state index < -0.39 is 41.8 Å². The van der Waals surface area contributed by atoms with Gasteiger partial charge in [-0.15, -0.1) is 10.2 Å². The van der Waals surface area contributed by atoms with E-state index in [9.17, 15) is 26.4 Å². The normalized spacial score (nSPS) is 11.8. The highest BCUT2D eigenvalue weighted by molar-refractivity contribution is 7.87. The van der Waals surface area contributed by atoms with Crippen molar-refractivity contribution in [2.75, 3.05) is 21.3 Å². The number of benzene rings is 4. The van der Waals surface area contributed by atoms with Crippen molar-refractivity contribution in [1.82, 2.24) is 29.9 Å². The molecule has 28 heteroatoms. The summed E-state index contributed by atoms with van der Waals surface area (Å²) in [7, 11) is -9.51. The highest BCUT2D eigenvalue weighted by atomic mass is 35.5. The molecular weight excluding hydrogens is 914 g/mol. The first-order valence-corrected chi connectivity index (χ1v) is 20.5. The van der Waals surface area contributed by atoms with Gasteiger partial charge in [-0.1, -0.05) is 24.3 Å². The molecule has 0 bridgehead atoms. The van der Waals surface area contributed by atoms with E-state index in [0.29, 0.717) is 11.4 Å². The topological polar surface area (TPSA) is 296 Å². The van der Waals surface area contributed by atoms with Crippen LogP contribution in [0.3, 0.4) is 0 Å². The van der Waals surface area contributed by atoms with E-state index in [1.165, 1.54) is 74.5 Å². The lowest BCUT2D eigenvalue weighted by Crippen LogP contribution is -2.07. The quantitative estimate of drug-likeness (QED) is 0.0593. The van der Waals surface area contributed by atoms with Crippen molar-refractivity contribution >= 4 is 135 Å². The minimum Gasteiger partial charge on any atom is -0.324 e. The SMILES string of the molecule is CC(=O)Nc1cc(Nc2nc(Cl)nc(Cl)n2)ccc1N=NOS(=O)(=O)c1cccc2c(S(=O)(=O)ON=Nc3ccc(Nc4nc(Cl)nc(Cl)n4)cc3NC(C)=O)cccc12. The lowest BCUT2D eigenvalue weighted by molar-refractivity contribution is -0.115. The Morgan fingerprint density at radius 3 is 1.27 bits per heavy atom. The Bertz CT molecular complexity index is 2730. The molecule has 0 saturated carbocycles. The Morgan fingerprint density at radius 1 is 0.550 bits per heavy atom. The minimum atomic E-state index is -4.76. The van der Waals surface area contributed by atoms with Gasteiger partial charge in [0.1, 0.15) is 21.2 Å². The minimum absolute atomic E-state index is 0.00993. The maximum atomic E-state index is 13.4. The van der Waals surface area contributed by atoms with Gasteiger partial charge in [0.25, 0.3) is 0 Å². The van der Waals surface area contributed by atoms with Gasteiger partial charge in [-0.2, -0.15) is 46.7 Å². The van der Waals surface area contributed by atoms with E-state index in [1.54, 1.807) is 0 Å². The fourth-order valence-electron chi connectivity index (χ4n) is 4.98. The van der Waals surface area contributed by atoms with Crippen molar-refractivity contribution in [3.8, 4) is 0 Å². The van der Waals surface area contributed by atoms with Gasteiger partial charge in [-0.25, -0.2) is 8.57 Å². The van der Waals surface area contributed by atoms with E-state index >= 15 is 0 Å². The smallest absolute Gasteiger partial charge is 0.324 e. The molecule has 2 amide bonds. The first kappa shape index (κ1) is 43.1. The number of fused-ring (bicyclic) bond motifs is 1. The van der Waals surface area contributed by atoms with Crippen LogP contribution in [0.25, 0.3) is 10.8 Å². The van der Waals surface area contributed by atoms with E-state index in [-0.39, 0.29) is 66.6 Å². The van der Waals surface area contributed by atoms with Crippen LogP contribution in [-0.2, 0) is 38.4 Å². The number of nitrogens with one attached hydrogen (secondary N) is 4. The largest absolute Gasteiger partial charge is 0.360 e. The van der Waals surface area contributed by atoms with E-state index in [0.717, 1.165) is 12.1 Å². The molecular formula is C32H22Cl4N14O8S2. The summed E-state index contributed by atoms with van der Waals surface area (Å²) >= 11 is 23.3. The molecule has 0 aliphatic heterocycles. The van der Waals surface area contributed by atoms with E-state index in [4.69, 9.17) is 55.0 Å². The van der Waals surface area contributed by atoms with Crippen LogP contribution in [0, 0.1) is 0 Å². The summed E-state index contributed by atoms with van der Waals surface area (Å²) in [4.78, 5) is 45.8. The molecule has 6 rings (SSSR count). The Hall–Kier alpha value is -6.44. The summed E-state index contributed by atoms with van der Waals surface area (Å²) in [5, 5.41) is 24.2. The summed E-state index contributed by atoms with van der Waals surface area (Å²) in [6, 6.07) is 16.0. The summed E-state index contributed by atoms with van der Waals surface area (Å²) in [5.41, 5.74) is 0.778. The second-order valence-corrected chi connectivity index (χ2v) is 15.8. The summed E-state index contributed by atoms with van der Waals surface area (Å²) in [6.07, 6.45) is 0. The monoisotopic (exact) mass is 934 g/mol. The van der Waals surface area contributed by atoms with Crippen LogP contribution in [0.1, 0.15) is 13.8 Å². The third-order valence-electron chi connectivity index (χ3n) is 7.23. The molecule has 2 heterocycles. The molecule has 60 heavy (non-hydrogen) atoms. The average Bonchev–Trinajstić information content (AvgIpc) is 3.14. The molecule has 0 fully saturated rings. The van der Waals surface area contributed by atoms with Gasteiger partial charge in [0.05, 0.1) is 11.4 Å². The molecule has 0 spiro atoms. The third-order valence-corrected chi connectivity index (χ3v) is 10.2. The van der Waals surface area contributed by atoms with Gasteiger partial charge in [0.2, 0.25) is 44.8 Å². The lowest BCUT2D eigenvalue weighted by atomic mass is 10.1. The van der Waals surface area contributed by atoms with Crippen LogP contribution in [-0.4, -0.2) is 58.6 Å². The molecule has 0 radical (unpaired) electrons. The van der Waals surface area contributed by atoms with Crippen LogP contribution < -0.4 is 21.3 Å². The van der Waals surface area contributed by atoms with Gasteiger partial charge in [0, 0.05) is 46.5 Å². The Labute approximate surface area is 358 Å². The van der Waals surface area contributed by atoms with Crippen molar-refractivity contribution in [3.63, 3.8) is 0 Å². The number of amides is 2. The zero-order chi connectivity index (χ0) is 43.2. The van der Waals surface area contributed by atoms with Crippen molar-refractivity contribution in [2.24, 2.45) is 20.8 Å². The predicted molar refractivity (Wildman–Crippen MR) is 217 cm³/mol. The van der Waals surface area contributed by atoms with E-state index in [1.807, 2.05) is 0 Å². The third kappa shape index (κ3) is 11.0. The fourth-order valence-corrected chi connectivity index (χ4v) is 7.50. The number of nitrogens with zero attached hydrogens (tertiary/aromatic N) is 10. The number of rotatable bonds is 14. The highest BCUT2D eigenvalue weighted by Gasteiger charge is 2.25. The zero-order valence-electron chi connectivity index (χ0n) is 30.0. The summed E-state index contributed by atoms with van der Waals surface area (Å²) in [6.45, 7) is 2.46. The maximum absolute atomic E-state index is 13.4. The van der Waals surface area contributed by atoms with Gasteiger partial charge in [-0.05, 0) is 94.9 Å². The second kappa shape index (κ2) is 18.2. The van der Waals surface area contributed by atoms with Crippen molar-refractivity contribution in [2.45, 2.75) is 23.6 Å². The second-order valence-electron chi connectivity index (χ2n) is 11.5.